The molecule has 0 amide bonds. The zero-order valence-electron chi connectivity index (χ0n) is 11.0. The lowest BCUT2D eigenvalue weighted by molar-refractivity contribution is 0.121. The highest BCUT2D eigenvalue weighted by atomic mass is 28.4. The minimum absolute atomic E-state index is 0.687. The third kappa shape index (κ3) is 2.29. The molecule has 0 heterocycles. The topological polar surface area (TPSA) is 33.0 Å². The number of nitrogens with zero attached hydrogens (tertiary/aromatic N) is 1. The van der Waals surface area contributed by atoms with Crippen molar-refractivity contribution in [1.29, 1.82) is 5.26 Å². The molecule has 1 aliphatic rings. The van der Waals surface area contributed by atoms with E-state index < -0.39 is 13.9 Å². The van der Waals surface area contributed by atoms with Crippen LogP contribution in [0.25, 0.3) is 0 Å². The molecule has 1 atom stereocenters. The van der Waals surface area contributed by atoms with Gasteiger partial charge in [-0.1, -0.05) is 23.8 Å². The molecule has 3 heteroatoms. The maximum Gasteiger partial charge on any atom is 0.186 e. The second kappa shape index (κ2) is 3.97. The van der Waals surface area contributed by atoms with E-state index in [2.05, 4.69) is 50.8 Å². The first-order valence-electron chi connectivity index (χ1n) is 6.08. The quantitative estimate of drug-likeness (QED) is 0.747. The van der Waals surface area contributed by atoms with Gasteiger partial charge < -0.3 is 4.43 Å². The third-order valence-electron chi connectivity index (χ3n) is 3.10. The van der Waals surface area contributed by atoms with Crippen LogP contribution in [0.2, 0.25) is 19.6 Å². The molecule has 1 unspecified atom stereocenters. The van der Waals surface area contributed by atoms with Crippen LogP contribution in [0.3, 0.4) is 0 Å². The fourth-order valence-electron chi connectivity index (χ4n) is 2.54. The van der Waals surface area contributed by atoms with E-state index in [4.69, 9.17) is 4.43 Å². The smallest absolute Gasteiger partial charge is 0.186 e. The third-order valence-corrected chi connectivity index (χ3v) is 4.06. The van der Waals surface area contributed by atoms with Crippen LogP contribution in [-0.2, 0) is 16.4 Å². The molecule has 0 saturated carbocycles. The van der Waals surface area contributed by atoms with Crippen LogP contribution in [-0.4, -0.2) is 8.32 Å². The summed E-state index contributed by atoms with van der Waals surface area (Å²) in [6, 6.07) is 8.75. The van der Waals surface area contributed by atoms with Crippen molar-refractivity contribution in [3.05, 3.63) is 34.9 Å². The molecule has 17 heavy (non-hydrogen) atoms. The van der Waals surface area contributed by atoms with Gasteiger partial charge in [0.15, 0.2) is 13.9 Å². The van der Waals surface area contributed by atoms with Crippen molar-refractivity contribution in [2.75, 3.05) is 0 Å². The van der Waals surface area contributed by atoms with E-state index in [0.717, 1.165) is 18.4 Å². The van der Waals surface area contributed by atoms with Gasteiger partial charge in [-0.25, -0.2) is 0 Å². The van der Waals surface area contributed by atoms with E-state index in [-0.39, 0.29) is 0 Å². The Labute approximate surface area is 104 Å². The normalized spacial score (nSPS) is 23.2. The van der Waals surface area contributed by atoms with Gasteiger partial charge in [0.1, 0.15) is 6.07 Å². The van der Waals surface area contributed by atoms with E-state index in [9.17, 15) is 5.26 Å². The molecule has 1 aromatic carbocycles. The van der Waals surface area contributed by atoms with Crippen LogP contribution < -0.4 is 0 Å². The molecule has 1 aliphatic carbocycles. The maximum atomic E-state index is 9.54. The standard InChI is InChI=1S/C14H19NOSi/c1-11-5-6-13-12(9-11)7-8-14(13,10-15)16-17(2,3)4/h5-6,9H,7-8H2,1-4H3. The molecule has 2 rings (SSSR count). The van der Waals surface area contributed by atoms with Gasteiger partial charge in [0.25, 0.3) is 0 Å². The molecule has 2 nitrogen and oxygen atoms in total. The fourth-order valence-corrected chi connectivity index (χ4v) is 3.84. The molecular formula is C14H19NOSi. The number of hydrogen-bond acceptors (Lipinski definition) is 2. The SMILES string of the molecule is Cc1ccc2c(c1)CCC2(C#N)O[Si](C)(C)C. The average Bonchev–Trinajstić information content (AvgIpc) is 2.55. The highest BCUT2D eigenvalue weighted by molar-refractivity contribution is 6.69. The first kappa shape index (κ1) is 12.3. The molecular weight excluding hydrogens is 226 g/mol. The summed E-state index contributed by atoms with van der Waals surface area (Å²) in [5, 5.41) is 9.54. The summed E-state index contributed by atoms with van der Waals surface area (Å²) in [6.07, 6.45) is 1.75. The minimum Gasteiger partial charge on any atom is -0.396 e. The summed E-state index contributed by atoms with van der Waals surface area (Å²) in [6.45, 7) is 8.50. The minimum atomic E-state index is -1.72. The Bertz CT molecular complexity index is 484. The van der Waals surface area contributed by atoms with Gasteiger partial charge in [0.2, 0.25) is 0 Å². The van der Waals surface area contributed by atoms with Crippen molar-refractivity contribution >= 4 is 8.32 Å². The lowest BCUT2D eigenvalue weighted by Gasteiger charge is -2.31. The summed E-state index contributed by atoms with van der Waals surface area (Å²) < 4.78 is 6.18. The Morgan fingerprint density at radius 2 is 2.06 bits per heavy atom. The Morgan fingerprint density at radius 3 is 2.65 bits per heavy atom. The van der Waals surface area contributed by atoms with Gasteiger partial charge in [0.05, 0.1) is 0 Å². The fraction of sp³-hybridized carbons (Fsp3) is 0.500. The summed E-state index contributed by atoms with van der Waals surface area (Å²) in [4.78, 5) is 0. The molecule has 0 aromatic heterocycles. The van der Waals surface area contributed by atoms with Gasteiger partial charge >= 0.3 is 0 Å². The lowest BCUT2D eigenvalue weighted by atomic mass is 9.97. The van der Waals surface area contributed by atoms with Gasteiger partial charge in [-0.2, -0.15) is 5.26 Å². The predicted molar refractivity (Wildman–Crippen MR) is 71.2 cm³/mol. The van der Waals surface area contributed by atoms with E-state index in [1.54, 1.807) is 0 Å². The predicted octanol–water partition coefficient (Wildman–Crippen LogP) is 3.51. The number of fused-ring (bicyclic) bond motifs is 1. The monoisotopic (exact) mass is 245 g/mol. The van der Waals surface area contributed by atoms with Gasteiger partial charge in [-0.05, 0) is 45.0 Å². The Morgan fingerprint density at radius 1 is 1.35 bits per heavy atom. The van der Waals surface area contributed by atoms with Crippen LogP contribution in [0.15, 0.2) is 18.2 Å². The Balaban J connectivity index is 2.45. The number of aryl methyl sites for hydroxylation is 2. The van der Waals surface area contributed by atoms with E-state index in [0.29, 0.717) is 0 Å². The van der Waals surface area contributed by atoms with Crippen LogP contribution in [0, 0.1) is 18.3 Å². The first-order valence-corrected chi connectivity index (χ1v) is 9.49. The molecule has 0 spiro atoms. The van der Waals surface area contributed by atoms with Crippen molar-refractivity contribution in [3.8, 4) is 6.07 Å². The highest BCUT2D eigenvalue weighted by Gasteiger charge is 2.43. The molecule has 1 aromatic rings. The highest BCUT2D eigenvalue weighted by Crippen LogP contribution is 2.41. The Kier molecular flexibility index (Phi) is 2.88. The number of hydrogen-bond donors (Lipinski definition) is 0. The summed E-state index contributed by atoms with van der Waals surface area (Å²) in [5.74, 6) is 0. The zero-order valence-corrected chi connectivity index (χ0v) is 12.0. The molecule has 0 aliphatic heterocycles. The number of benzene rings is 1. The molecule has 0 radical (unpaired) electrons. The van der Waals surface area contributed by atoms with E-state index in [1.165, 1.54) is 11.1 Å². The summed E-state index contributed by atoms with van der Waals surface area (Å²) >= 11 is 0. The van der Waals surface area contributed by atoms with Crippen LogP contribution >= 0.6 is 0 Å². The maximum absolute atomic E-state index is 9.54. The first-order chi connectivity index (χ1) is 7.86. The van der Waals surface area contributed by atoms with Crippen LogP contribution in [0.5, 0.6) is 0 Å². The zero-order chi connectivity index (χ0) is 12.7. The largest absolute Gasteiger partial charge is 0.396 e. The second-order valence-corrected chi connectivity index (χ2v) is 10.2. The van der Waals surface area contributed by atoms with Crippen molar-refractivity contribution in [3.63, 3.8) is 0 Å². The molecule has 90 valence electrons. The Hall–Kier alpha value is -1.11. The number of nitriles is 1. The van der Waals surface area contributed by atoms with Crippen LogP contribution in [0.4, 0.5) is 0 Å². The average molecular weight is 245 g/mol. The summed E-state index contributed by atoms with van der Waals surface area (Å²) in [7, 11) is -1.72. The van der Waals surface area contributed by atoms with Gasteiger partial charge in [0, 0.05) is 5.56 Å². The van der Waals surface area contributed by atoms with Crippen molar-refractivity contribution in [2.24, 2.45) is 0 Å². The lowest BCUT2D eigenvalue weighted by Crippen LogP contribution is -2.38. The van der Waals surface area contributed by atoms with Gasteiger partial charge in [-0.15, -0.1) is 0 Å². The van der Waals surface area contributed by atoms with E-state index >= 15 is 0 Å². The van der Waals surface area contributed by atoms with E-state index in [1.807, 2.05) is 0 Å². The van der Waals surface area contributed by atoms with Crippen molar-refractivity contribution in [2.45, 2.75) is 45.0 Å². The number of rotatable bonds is 2. The van der Waals surface area contributed by atoms with Crippen molar-refractivity contribution in [1.82, 2.24) is 0 Å². The molecule has 0 saturated heterocycles. The van der Waals surface area contributed by atoms with Crippen LogP contribution in [0.1, 0.15) is 23.1 Å². The van der Waals surface area contributed by atoms with Gasteiger partial charge in [-0.3, -0.25) is 0 Å². The molecule has 0 N–H and O–H groups in total. The molecule has 0 bridgehead atoms. The van der Waals surface area contributed by atoms with Crippen molar-refractivity contribution < 1.29 is 4.43 Å². The summed E-state index contributed by atoms with van der Waals surface area (Å²) in [5.41, 5.74) is 2.94. The molecule has 0 fully saturated rings. The second-order valence-electron chi connectivity index (χ2n) is 5.81.